The van der Waals surface area contributed by atoms with E-state index in [9.17, 15) is 14.9 Å². The van der Waals surface area contributed by atoms with E-state index in [1.54, 1.807) is 4.90 Å². The van der Waals surface area contributed by atoms with Crippen LogP contribution in [0, 0.1) is 10.1 Å². The number of hydrogen-bond acceptors (Lipinski definition) is 6. The lowest BCUT2D eigenvalue weighted by Crippen LogP contribution is -2.33. The van der Waals surface area contributed by atoms with Crippen LogP contribution in [0.15, 0.2) is 30.5 Å². The zero-order valence-corrected chi connectivity index (χ0v) is 16.6. The molecular formula is C19H21ClN4O4. The highest BCUT2D eigenvalue weighted by Gasteiger charge is 2.27. The van der Waals surface area contributed by atoms with Crippen LogP contribution in [0.4, 0.5) is 16.3 Å². The predicted molar refractivity (Wildman–Crippen MR) is 105 cm³/mol. The van der Waals surface area contributed by atoms with Crippen LogP contribution in [0.25, 0.3) is 0 Å². The maximum Gasteiger partial charge on any atom is 0.410 e. The number of carbonyl (C=O) groups is 1. The number of nitrogens with zero attached hydrogens (tertiary/aromatic N) is 3. The third kappa shape index (κ3) is 4.69. The molecule has 1 amide bonds. The number of hydrogen-bond donors (Lipinski definition) is 1. The van der Waals surface area contributed by atoms with E-state index in [-0.39, 0.29) is 16.8 Å². The summed E-state index contributed by atoms with van der Waals surface area (Å²) in [5.74, 6) is 0.378. The molecule has 2 aromatic rings. The highest BCUT2D eigenvalue weighted by molar-refractivity contribution is 6.33. The van der Waals surface area contributed by atoms with Crippen LogP contribution in [-0.4, -0.2) is 26.5 Å². The second-order valence-corrected chi connectivity index (χ2v) is 7.98. The summed E-state index contributed by atoms with van der Waals surface area (Å²) in [6, 6.07) is 7.23. The summed E-state index contributed by atoms with van der Waals surface area (Å²) in [7, 11) is 0. The number of nitrogens with one attached hydrogen (secondary N) is 1. The smallest absolute Gasteiger partial charge is 0.410 e. The fourth-order valence-electron chi connectivity index (χ4n) is 2.86. The highest BCUT2D eigenvalue weighted by atomic mass is 35.5. The monoisotopic (exact) mass is 404 g/mol. The van der Waals surface area contributed by atoms with Gasteiger partial charge in [0.25, 0.3) is 5.69 Å². The van der Waals surface area contributed by atoms with Gasteiger partial charge in [-0.1, -0.05) is 29.8 Å². The fourth-order valence-corrected chi connectivity index (χ4v) is 3.08. The van der Waals surface area contributed by atoms with Crippen molar-refractivity contribution < 1.29 is 14.5 Å². The summed E-state index contributed by atoms with van der Waals surface area (Å²) >= 11 is 6.05. The molecule has 2 heterocycles. The normalized spacial score (nSPS) is 13.2. The number of amides is 1. The molecule has 0 unspecified atom stereocenters. The van der Waals surface area contributed by atoms with Crippen LogP contribution in [0.2, 0.25) is 5.02 Å². The van der Waals surface area contributed by atoms with Crippen molar-refractivity contribution in [2.45, 2.75) is 46.0 Å². The summed E-state index contributed by atoms with van der Waals surface area (Å²) in [6.45, 7) is 6.99. The summed E-state index contributed by atoms with van der Waals surface area (Å²) in [4.78, 5) is 28.1. The SMILES string of the molecule is CC(C)(C)OC(=O)N1Cc2ccc(CNc3ncc([N+](=O)[O-])cc3Cl)cc2C1. The number of carbonyl (C=O) groups excluding carboxylic acids is 1. The van der Waals surface area contributed by atoms with Crippen LogP contribution in [0.1, 0.15) is 37.5 Å². The minimum absolute atomic E-state index is 0.157. The summed E-state index contributed by atoms with van der Waals surface area (Å²) in [6.07, 6.45) is 0.834. The number of halogens is 1. The molecule has 0 aliphatic carbocycles. The van der Waals surface area contributed by atoms with Crippen molar-refractivity contribution >= 4 is 29.2 Å². The van der Waals surface area contributed by atoms with Crippen molar-refractivity contribution in [3.8, 4) is 0 Å². The van der Waals surface area contributed by atoms with Gasteiger partial charge in [-0.3, -0.25) is 15.0 Å². The number of fused-ring (bicyclic) bond motifs is 1. The molecule has 1 aromatic carbocycles. The van der Waals surface area contributed by atoms with Gasteiger partial charge < -0.3 is 10.1 Å². The molecule has 0 atom stereocenters. The molecule has 1 aliphatic rings. The maximum absolute atomic E-state index is 12.3. The summed E-state index contributed by atoms with van der Waals surface area (Å²) in [5, 5.41) is 14.0. The summed E-state index contributed by atoms with van der Waals surface area (Å²) < 4.78 is 5.43. The highest BCUT2D eigenvalue weighted by Crippen LogP contribution is 2.27. The largest absolute Gasteiger partial charge is 0.444 e. The van der Waals surface area contributed by atoms with Gasteiger partial charge in [0, 0.05) is 25.7 Å². The Morgan fingerprint density at radius 2 is 2.04 bits per heavy atom. The average molecular weight is 405 g/mol. The molecule has 28 heavy (non-hydrogen) atoms. The van der Waals surface area contributed by atoms with Gasteiger partial charge in [-0.05, 0) is 37.5 Å². The van der Waals surface area contributed by atoms with E-state index in [0.29, 0.717) is 25.5 Å². The van der Waals surface area contributed by atoms with Crippen molar-refractivity contribution in [1.82, 2.24) is 9.88 Å². The quantitative estimate of drug-likeness (QED) is 0.594. The number of nitro groups is 1. The molecule has 1 aromatic heterocycles. The van der Waals surface area contributed by atoms with Crippen molar-refractivity contribution in [3.05, 3.63) is 62.3 Å². The molecular weight excluding hydrogens is 384 g/mol. The van der Waals surface area contributed by atoms with Crippen molar-refractivity contribution in [3.63, 3.8) is 0 Å². The molecule has 0 radical (unpaired) electrons. The number of anilines is 1. The Bertz CT molecular complexity index is 927. The fraction of sp³-hybridized carbons (Fsp3) is 0.368. The van der Waals surface area contributed by atoms with Crippen molar-refractivity contribution in [1.29, 1.82) is 0 Å². The first kappa shape index (κ1) is 19.9. The van der Waals surface area contributed by atoms with E-state index in [4.69, 9.17) is 16.3 Å². The lowest BCUT2D eigenvalue weighted by Gasteiger charge is -2.24. The Morgan fingerprint density at radius 3 is 2.68 bits per heavy atom. The third-order valence-electron chi connectivity index (χ3n) is 4.14. The lowest BCUT2D eigenvalue weighted by atomic mass is 10.1. The van der Waals surface area contributed by atoms with Gasteiger partial charge >= 0.3 is 6.09 Å². The molecule has 0 bridgehead atoms. The first-order chi connectivity index (χ1) is 13.1. The Kier molecular flexibility index (Phi) is 5.42. The number of aromatic nitrogens is 1. The van der Waals surface area contributed by atoms with E-state index in [0.717, 1.165) is 22.9 Å². The first-order valence-corrected chi connectivity index (χ1v) is 9.12. The molecule has 3 rings (SSSR count). The van der Waals surface area contributed by atoms with E-state index in [2.05, 4.69) is 10.3 Å². The van der Waals surface area contributed by atoms with Gasteiger partial charge in [0.15, 0.2) is 0 Å². The Hall–Kier alpha value is -2.87. The van der Waals surface area contributed by atoms with Crippen LogP contribution < -0.4 is 5.32 Å². The zero-order valence-electron chi connectivity index (χ0n) is 15.9. The number of benzene rings is 1. The van der Waals surface area contributed by atoms with E-state index < -0.39 is 10.5 Å². The average Bonchev–Trinajstić information content (AvgIpc) is 3.02. The van der Waals surface area contributed by atoms with Gasteiger partial charge in [0.05, 0.1) is 9.95 Å². The molecule has 9 heteroatoms. The maximum atomic E-state index is 12.3. The third-order valence-corrected chi connectivity index (χ3v) is 4.43. The molecule has 148 valence electrons. The predicted octanol–water partition coefficient (Wildman–Crippen LogP) is 4.51. The minimum Gasteiger partial charge on any atom is -0.444 e. The van der Waals surface area contributed by atoms with E-state index >= 15 is 0 Å². The Labute approximate surface area is 167 Å². The van der Waals surface area contributed by atoms with Crippen LogP contribution in [-0.2, 0) is 24.4 Å². The van der Waals surface area contributed by atoms with E-state index in [1.807, 2.05) is 39.0 Å². The Balaban J connectivity index is 1.64. The van der Waals surface area contributed by atoms with Gasteiger partial charge in [-0.15, -0.1) is 0 Å². The van der Waals surface area contributed by atoms with Gasteiger partial charge in [0.2, 0.25) is 0 Å². The first-order valence-electron chi connectivity index (χ1n) is 8.75. The van der Waals surface area contributed by atoms with Crippen molar-refractivity contribution in [2.24, 2.45) is 0 Å². The second kappa shape index (κ2) is 7.63. The lowest BCUT2D eigenvalue weighted by molar-refractivity contribution is -0.385. The van der Waals surface area contributed by atoms with E-state index in [1.165, 1.54) is 6.07 Å². The zero-order chi connectivity index (χ0) is 20.5. The van der Waals surface area contributed by atoms with Crippen LogP contribution >= 0.6 is 11.6 Å². The number of ether oxygens (including phenoxy) is 1. The van der Waals surface area contributed by atoms with Gasteiger partial charge in [0.1, 0.15) is 17.6 Å². The van der Waals surface area contributed by atoms with Gasteiger partial charge in [-0.2, -0.15) is 0 Å². The van der Waals surface area contributed by atoms with Crippen LogP contribution in [0.3, 0.4) is 0 Å². The number of rotatable bonds is 4. The van der Waals surface area contributed by atoms with Gasteiger partial charge in [-0.25, -0.2) is 9.78 Å². The van der Waals surface area contributed by atoms with Crippen molar-refractivity contribution in [2.75, 3.05) is 5.32 Å². The molecule has 0 spiro atoms. The molecule has 8 nitrogen and oxygen atoms in total. The molecule has 0 saturated carbocycles. The number of pyridine rings is 1. The molecule has 1 N–H and O–H groups in total. The van der Waals surface area contributed by atoms with Crippen LogP contribution in [0.5, 0.6) is 0 Å². The molecule has 1 aliphatic heterocycles. The minimum atomic E-state index is -0.542. The molecule has 0 fully saturated rings. The molecule has 0 saturated heterocycles. The second-order valence-electron chi connectivity index (χ2n) is 7.57. The topological polar surface area (TPSA) is 97.6 Å². The Morgan fingerprint density at radius 1 is 1.32 bits per heavy atom. The standard InChI is InChI=1S/C19H21ClN4O4/c1-19(2,3)28-18(25)23-10-13-5-4-12(6-14(13)11-23)8-21-17-16(20)7-15(9-22-17)24(26)27/h4-7,9H,8,10-11H2,1-3H3,(H,21,22). The summed E-state index contributed by atoms with van der Waals surface area (Å²) in [5.41, 5.74) is 2.45.